The van der Waals surface area contributed by atoms with Crippen molar-refractivity contribution in [2.75, 3.05) is 0 Å². The molecule has 0 fully saturated rings. The highest BCUT2D eigenvalue weighted by molar-refractivity contribution is 7.95. The molecule has 30 heavy (non-hydrogen) atoms. The lowest BCUT2D eigenvalue weighted by Gasteiger charge is -2.18. The van der Waals surface area contributed by atoms with Crippen molar-refractivity contribution < 1.29 is 13.0 Å². The van der Waals surface area contributed by atoms with Gasteiger partial charge in [-0.1, -0.05) is 115 Å². The van der Waals surface area contributed by atoms with Gasteiger partial charge in [0.15, 0.2) is 0 Å². The lowest BCUT2D eigenvalue weighted by molar-refractivity contribution is 0.496. The summed E-state index contributed by atoms with van der Waals surface area (Å²) in [6, 6.07) is 35.4. The maximum Gasteiger partial charge on any atom is 0.295 e. The molecule has 0 spiro atoms. The predicted molar refractivity (Wildman–Crippen MR) is 122 cm³/mol. The molecule has 0 atom stereocenters. The summed E-state index contributed by atoms with van der Waals surface area (Å²) >= 11 is 0. The topological polar surface area (TPSA) is 54.4 Å². The summed E-state index contributed by atoms with van der Waals surface area (Å²) in [6.07, 6.45) is 0. The normalized spacial score (nSPS) is 12.3. The Balaban J connectivity index is 2.14. The van der Waals surface area contributed by atoms with Gasteiger partial charge in [0.05, 0.1) is 0 Å². The lowest BCUT2D eigenvalue weighted by atomic mass is 9.89. The largest absolute Gasteiger partial charge is 0.295 e. The van der Waals surface area contributed by atoms with Gasteiger partial charge in [-0.2, -0.15) is 8.42 Å². The van der Waals surface area contributed by atoms with E-state index >= 15 is 0 Å². The molecule has 4 aromatic carbocycles. The van der Waals surface area contributed by atoms with E-state index in [1.165, 1.54) is 0 Å². The minimum absolute atomic E-state index is 0.113. The van der Waals surface area contributed by atoms with Crippen LogP contribution in [0.2, 0.25) is 0 Å². The molecule has 0 aliphatic rings. The summed E-state index contributed by atoms with van der Waals surface area (Å²) in [5, 5.41) is 0. The second-order valence-corrected chi connectivity index (χ2v) is 8.18. The van der Waals surface area contributed by atoms with Crippen LogP contribution in [0.4, 0.5) is 0 Å². The molecule has 4 heteroatoms. The predicted octanol–water partition coefficient (Wildman–Crippen LogP) is 6.16. The van der Waals surface area contributed by atoms with Crippen molar-refractivity contribution in [3.05, 3.63) is 132 Å². The first-order valence-corrected chi connectivity index (χ1v) is 11.0. The van der Waals surface area contributed by atoms with Crippen LogP contribution in [-0.4, -0.2) is 13.0 Å². The molecule has 0 heterocycles. The van der Waals surface area contributed by atoms with E-state index in [1.807, 2.05) is 91.0 Å². The van der Waals surface area contributed by atoms with Crippen LogP contribution in [0.5, 0.6) is 0 Å². The molecule has 4 rings (SSSR count). The first-order chi connectivity index (χ1) is 14.6. The fraction of sp³-hybridized carbons (Fsp3) is 0. The number of rotatable bonds is 5. The van der Waals surface area contributed by atoms with Gasteiger partial charge < -0.3 is 0 Å². The maximum absolute atomic E-state index is 12.7. The Kier molecular flexibility index (Phi) is 5.61. The van der Waals surface area contributed by atoms with Crippen LogP contribution in [0.15, 0.2) is 115 Å². The van der Waals surface area contributed by atoms with E-state index < -0.39 is 10.1 Å². The van der Waals surface area contributed by atoms with Crippen LogP contribution in [0.1, 0.15) is 16.7 Å². The zero-order valence-electron chi connectivity index (χ0n) is 16.1. The Morgan fingerprint density at radius 2 is 1.03 bits per heavy atom. The number of hydrogen-bond donors (Lipinski definition) is 1. The first kappa shape index (κ1) is 19.8. The molecule has 0 aliphatic carbocycles. The van der Waals surface area contributed by atoms with Crippen molar-refractivity contribution in [2.45, 2.75) is 0 Å². The highest BCUT2D eigenvalue weighted by atomic mass is 32.2. The molecule has 3 nitrogen and oxygen atoms in total. The lowest BCUT2D eigenvalue weighted by Crippen LogP contribution is -2.06. The average molecular weight is 413 g/mol. The Bertz CT molecular complexity index is 1280. The molecule has 148 valence electrons. The molecule has 0 unspecified atom stereocenters. The molecule has 0 saturated heterocycles. The Morgan fingerprint density at radius 1 is 0.567 bits per heavy atom. The summed E-state index contributed by atoms with van der Waals surface area (Å²) in [4.78, 5) is -0.113. The van der Waals surface area contributed by atoms with Crippen molar-refractivity contribution in [2.24, 2.45) is 0 Å². The fourth-order valence-corrected chi connectivity index (χ4v) is 4.52. The first-order valence-electron chi connectivity index (χ1n) is 9.53. The summed E-state index contributed by atoms with van der Waals surface area (Å²) in [5.74, 6) is 0. The average Bonchev–Trinajstić information content (AvgIpc) is 2.78. The van der Waals surface area contributed by atoms with Crippen molar-refractivity contribution in [1.82, 2.24) is 0 Å². The maximum atomic E-state index is 12.7. The molecule has 0 radical (unpaired) electrons. The van der Waals surface area contributed by atoms with Gasteiger partial charge >= 0.3 is 0 Å². The molecule has 4 aromatic rings. The van der Waals surface area contributed by atoms with Crippen LogP contribution in [-0.2, 0) is 10.1 Å². The number of hydrogen-bond acceptors (Lipinski definition) is 2. The van der Waals surface area contributed by atoms with Gasteiger partial charge in [0.25, 0.3) is 10.1 Å². The molecular weight excluding hydrogens is 392 g/mol. The zero-order chi connectivity index (χ0) is 21.0. The van der Waals surface area contributed by atoms with Crippen molar-refractivity contribution >= 4 is 20.6 Å². The van der Waals surface area contributed by atoms with Crippen molar-refractivity contribution in [3.63, 3.8) is 0 Å². The number of benzene rings is 4. The van der Waals surface area contributed by atoms with Gasteiger partial charge in [0.2, 0.25) is 0 Å². The van der Waals surface area contributed by atoms with Crippen LogP contribution >= 0.6 is 0 Å². The summed E-state index contributed by atoms with van der Waals surface area (Å²) in [6.45, 7) is 0. The standard InChI is InChI=1S/C26H20O3S/c27-30(28,29)26(22-16-8-3-9-17-22)25(21-14-6-2-7-15-21)24-19-11-10-18-23(24)20-12-4-1-5-13-20/h1-19H,(H,27,28,29). The van der Waals surface area contributed by atoms with Crippen molar-refractivity contribution in [1.29, 1.82) is 0 Å². The van der Waals surface area contributed by atoms with Crippen LogP contribution in [0.3, 0.4) is 0 Å². The van der Waals surface area contributed by atoms with E-state index in [0.29, 0.717) is 16.7 Å². The van der Waals surface area contributed by atoms with Gasteiger partial charge in [-0.25, -0.2) is 0 Å². The molecule has 1 N–H and O–H groups in total. The molecule has 0 saturated carbocycles. The summed E-state index contributed by atoms with van der Waals surface area (Å²) in [7, 11) is -4.53. The van der Waals surface area contributed by atoms with Crippen LogP contribution in [0, 0.1) is 0 Å². The molecule has 0 amide bonds. The van der Waals surface area contributed by atoms with E-state index in [4.69, 9.17) is 0 Å². The van der Waals surface area contributed by atoms with Crippen LogP contribution < -0.4 is 0 Å². The molecule has 0 aliphatic heterocycles. The van der Waals surface area contributed by atoms with Gasteiger partial charge in [0.1, 0.15) is 4.91 Å². The van der Waals surface area contributed by atoms with E-state index in [1.54, 1.807) is 24.3 Å². The fourth-order valence-electron chi connectivity index (χ4n) is 3.60. The third kappa shape index (κ3) is 4.10. The molecular formula is C26H20O3S. The summed E-state index contributed by atoms with van der Waals surface area (Å²) in [5.41, 5.74) is 4.17. The SMILES string of the molecule is O=S(=O)(O)C(=C(c1ccccc1)c1ccccc1-c1ccccc1)c1ccccc1. The highest BCUT2D eigenvalue weighted by Gasteiger charge is 2.25. The summed E-state index contributed by atoms with van der Waals surface area (Å²) < 4.78 is 35.6. The molecule has 0 bridgehead atoms. The van der Waals surface area contributed by atoms with Crippen LogP contribution in [0.25, 0.3) is 21.6 Å². The Hall–Kier alpha value is -3.47. The van der Waals surface area contributed by atoms with Gasteiger partial charge in [-0.15, -0.1) is 0 Å². The second-order valence-electron chi connectivity index (χ2n) is 6.82. The Labute approximate surface area is 176 Å². The van der Waals surface area contributed by atoms with Crippen molar-refractivity contribution in [3.8, 4) is 11.1 Å². The smallest absolute Gasteiger partial charge is 0.282 e. The zero-order valence-corrected chi connectivity index (χ0v) is 17.0. The third-order valence-corrected chi connectivity index (χ3v) is 5.82. The molecule has 0 aromatic heterocycles. The minimum atomic E-state index is -4.53. The monoisotopic (exact) mass is 412 g/mol. The van der Waals surface area contributed by atoms with E-state index in [9.17, 15) is 13.0 Å². The van der Waals surface area contributed by atoms with E-state index in [-0.39, 0.29) is 4.91 Å². The van der Waals surface area contributed by atoms with E-state index in [0.717, 1.165) is 16.7 Å². The van der Waals surface area contributed by atoms with Gasteiger partial charge in [-0.05, 0) is 27.8 Å². The third-order valence-electron chi connectivity index (χ3n) is 4.86. The Morgan fingerprint density at radius 3 is 1.60 bits per heavy atom. The van der Waals surface area contributed by atoms with Gasteiger partial charge in [0, 0.05) is 5.57 Å². The quantitative estimate of drug-likeness (QED) is 0.316. The van der Waals surface area contributed by atoms with Gasteiger partial charge in [-0.3, -0.25) is 4.55 Å². The van der Waals surface area contributed by atoms with E-state index in [2.05, 4.69) is 0 Å². The second kappa shape index (κ2) is 8.49. The highest BCUT2D eigenvalue weighted by Crippen LogP contribution is 2.39. The minimum Gasteiger partial charge on any atom is -0.282 e.